The average molecular weight is 665 g/mol. The zero-order valence-corrected chi connectivity index (χ0v) is 29.7. The van der Waals surface area contributed by atoms with Crippen molar-refractivity contribution in [2.75, 3.05) is 6.61 Å². The van der Waals surface area contributed by atoms with Gasteiger partial charge in [-0.25, -0.2) is 0 Å². The highest BCUT2D eigenvalue weighted by Crippen LogP contribution is 2.89. The van der Waals surface area contributed by atoms with Crippen LogP contribution in [0, 0.1) is 44.8 Å². The molecule has 5 N–H and O–H groups in total. The van der Waals surface area contributed by atoms with Crippen molar-refractivity contribution in [2.24, 2.45) is 44.8 Å². The Morgan fingerprint density at radius 2 is 1.55 bits per heavy atom. The highest BCUT2D eigenvalue weighted by molar-refractivity contribution is 5.66. The fourth-order valence-electron chi connectivity index (χ4n) is 13.7. The molecule has 0 unspecified atom stereocenters. The average Bonchev–Trinajstić information content (AvgIpc) is 3.30. The molecule has 7 rings (SSSR count). The van der Waals surface area contributed by atoms with Crippen LogP contribution in [0.2, 0.25) is 0 Å². The Labute approximate surface area is 279 Å². The molecule has 0 aromatic rings. The number of hydrogen-bond donors (Lipinski definition) is 5. The summed E-state index contributed by atoms with van der Waals surface area (Å²) in [5.41, 5.74) is -2.69. The maximum atomic E-state index is 12.6. The van der Waals surface area contributed by atoms with Gasteiger partial charge in [-0.1, -0.05) is 27.7 Å². The van der Waals surface area contributed by atoms with Crippen LogP contribution in [-0.2, 0) is 23.7 Å². The van der Waals surface area contributed by atoms with E-state index in [-0.39, 0.29) is 58.5 Å². The molecule has 0 bridgehead atoms. The van der Waals surface area contributed by atoms with Crippen LogP contribution < -0.4 is 0 Å². The van der Waals surface area contributed by atoms with Crippen molar-refractivity contribution >= 4 is 5.97 Å². The first-order valence-electron chi connectivity index (χ1n) is 18.2. The summed E-state index contributed by atoms with van der Waals surface area (Å²) in [5, 5.41) is 54.3. The lowest BCUT2D eigenvalue weighted by molar-refractivity contribution is -0.303. The Hall–Kier alpha value is -0.850. The van der Waals surface area contributed by atoms with Gasteiger partial charge in [0.15, 0.2) is 6.29 Å². The van der Waals surface area contributed by atoms with Gasteiger partial charge in [0, 0.05) is 18.3 Å². The molecular weight excluding hydrogens is 604 g/mol. The Balaban J connectivity index is 1.19. The fourth-order valence-corrected chi connectivity index (χ4v) is 13.7. The molecular formula is C37H60O10. The van der Waals surface area contributed by atoms with Crippen molar-refractivity contribution < 1.29 is 49.3 Å². The van der Waals surface area contributed by atoms with Gasteiger partial charge in [-0.2, -0.15) is 0 Å². The fraction of sp³-hybridized carbons (Fsp3) is 0.973. The third kappa shape index (κ3) is 4.54. The minimum Gasteiger partial charge on any atom is -0.462 e. The summed E-state index contributed by atoms with van der Waals surface area (Å²) in [6.45, 7) is 16.2. The molecule has 2 saturated heterocycles. The molecule has 5 saturated carbocycles. The second-order valence-electron chi connectivity index (χ2n) is 18.8. The molecule has 7 fully saturated rings. The van der Waals surface area contributed by atoms with E-state index in [1.54, 1.807) is 13.8 Å². The molecule has 10 nitrogen and oxygen atoms in total. The third-order valence-electron chi connectivity index (χ3n) is 15.9. The summed E-state index contributed by atoms with van der Waals surface area (Å²) in [7, 11) is 0. The molecule has 5 aliphatic carbocycles. The predicted octanol–water partition coefficient (Wildman–Crippen LogP) is 3.47. The molecule has 10 heteroatoms. The van der Waals surface area contributed by atoms with Crippen LogP contribution in [0.3, 0.4) is 0 Å². The van der Waals surface area contributed by atoms with Gasteiger partial charge in [-0.15, -0.1) is 0 Å². The van der Waals surface area contributed by atoms with E-state index in [1.807, 2.05) is 0 Å². The summed E-state index contributed by atoms with van der Waals surface area (Å²) in [5.74, 6) is 0.182. The van der Waals surface area contributed by atoms with E-state index >= 15 is 0 Å². The largest absolute Gasteiger partial charge is 0.462 e. The summed E-state index contributed by atoms with van der Waals surface area (Å²) >= 11 is 0. The minimum atomic E-state index is -1.32. The summed E-state index contributed by atoms with van der Waals surface area (Å²) in [6, 6.07) is 0. The van der Waals surface area contributed by atoms with Crippen molar-refractivity contribution in [3.8, 4) is 0 Å². The Morgan fingerprint density at radius 1 is 0.872 bits per heavy atom. The monoisotopic (exact) mass is 664 g/mol. The van der Waals surface area contributed by atoms with Gasteiger partial charge >= 0.3 is 5.97 Å². The van der Waals surface area contributed by atoms with Crippen molar-refractivity contribution in [2.45, 2.75) is 173 Å². The number of esters is 1. The van der Waals surface area contributed by atoms with Gasteiger partial charge in [0.1, 0.15) is 24.4 Å². The lowest BCUT2D eigenvalue weighted by atomic mass is 9.41. The van der Waals surface area contributed by atoms with Crippen molar-refractivity contribution in [3.05, 3.63) is 0 Å². The topological polar surface area (TPSA) is 155 Å². The standard InChI is InChI=1S/C37H60O10/c1-19(38)45-21-15-33(6)23-10-9-22-31(2,3)25(46-30-28(42)27(41)20(39)17-44-30)12-14-36(22)18-37(23,36)16-24(40)35(33,8)29(21)34(7)13-11-26(47-34)32(4,5)43/h20-30,39-43H,9-18H2,1-8H3/t20-,21+,22+,23+,24-,25+,26-,27+,28-,29-,30+,33+,34-,35-,36-,37+/m1/s1. The number of rotatable bonds is 5. The van der Waals surface area contributed by atoms with Crippen LogP contribution in [0.4, 0.5) is 0 Å². The van der Waals surface area contributed by atoms with Gasteiger partial charge < -0.3 is 44.5 Å². The predicted molar refractivity (Wildman–Crippen MR) is 171 cm³/mol. The first-order valence-corrected chi connectivity index (χ1v) is 18.2. The zero-order chi connectivity index (χ0) is 34.3. The SMILES string of the molecule is CC(=O)O[C@H]1C[C@@]2(C)[C@@H]3CC[C@H]4C(C)(C)[C@@H](O[C@@H]5OC[C@@H](O)[C@H](O)[C@H]5O)CC[C@@]45C[C@@]35C[C@@H](O)[C@]2(C)[C@H]1[C@@]1(C)CC[C@H](C(C)(C)O)O1. The lowest BCUT2D eigenvalue weighted by Crippen LogP contribution is -2.64. The van der Waals surface area contributed by atoms with Crippen LogP contribution in [0.15, 0.2) is 0 Å². The van der Waals surface area contributed by atoms with Gasteiger partial charge in [0.2, 0.25) is 0 Å². The number of ether oxygens (including phenoxy) is 4. The number of aliphatic hydroxyl groups is 5. The van der Waals surface area contributed by atoms with Crippen LogP contribution in [-0.4, -0.2) is 98.3 Å². The van der Waals surface area contributed by atoms with Crippen molar-refractivity contribution in [3.63, 3.8) is 0 Å². The number of carbonyl (C=O) groups is 1. The second kappa shape index (κ2) is 10.6. The van der Waals surface area contributed by atoms with Crippen LogP contribution >= 0.6 is 0 Å². The maximum Gasteiger partial charge on any atom is 0.302 e. The smallest absolute Gasteiger partial charge is 0.302 e. The van der Waals surface area contributed by atoms with E-state index in [0.29, 0.717) is 31.1 Å². The highest BCUT2D eigenvalue weighted by Gasteiger charge is 2.85. The van der Waals surface area contributed by atoms with Crippen LogP contribution in [0.5, 0.6) is 0 Å². The maximum absolute atomic E-state index is 12.6. The Bertz CT molecular complexity index is 1270. The molecule has 2 aliphatic heterocycles. The zero-order valence-electron chi connectivity index (χ0n) is 29.7. The molecule has 0 amide bonds. The van der Waals surface area contributed by atoms with Crippen LogP contribution in [0.1, 0.15) is 113 Å². The first kappa shape index (κ1) is 34.6. The molecule has 7 aliphatic rings. The molecule has 2 heterocycles. The molecule has 0 radical (unpaired) electrons. The minimum absolute atomic E-state index is 0.0181. The molecule has 0 aromatic heterocycles. The third-order valence-corrected chi connectivity index (χ3v) is 15.9. The van der Waals surface area contributed by atoms with E-state index in [2.05, 4.69) is 34.6 Å². The quantitative estimate of drug-likeness (QED) is 0.218. The normalized spacial score (nSPS) is 56.6. The molecule has 16 atom stereocenters. The van der Waals surface area contributed by atoms with Gasteiger partial charge in [-0.3, -0.25) is 4.79 Å². The van der Waals surface area contributed by atoms with Crippen molar-refractivity contribution in [1.82, 2.24) is 0 Å². The van der Waals surface area contributed by atoms with E-state index in [9.17, 15) is 30.3 Å². The Kier molecular flexibility index (Phi) is 7.80. The van der Waals surface area contributed by atoms with E-state index in [4.69, 9.17) is 18.9 Å². The van der Waals surface area contributed by atoms with Gasteiger partial charge in [0.25, 0.3) is 0 Å². The van der Waals surface area contributed by atoms with Gasteiger partial charge in [0.05, 0.1) is 36.1 Å². The Morgan fingerprint density at radius 3 is 2.19 bits per heavy atom. The molecule has 268 valence electrons. The molecule has 47 heavy (non-hydrogen) atoms. The number of hydrogen-bond acceptors (Lipinski definition) is 10. The summed E-state index contributed by atoms with van der Waals surface area (Å²) in [4.78, 5) is 12.6. The highest BCUT2D eigenvalue weighted by atomic mass is 16.7. The van der Waals surface area contributed by atoms with E-state index < -0.39 is 47.3 Å². The van der Waals surface area contributed by atoms with E-state index in [0.717, 1.165) is 38.5 Å². The molecule has 2 spiro atoms. The van der Waals surface area contributed by atoms with Crippen LogP contribution in [0.25, 0.3) is 0 Å². The number of fused-ring (bicyclic) bond motifs is 2. The second-order valence-corrected chi connectivity index (χ2v) is 18.8. The first-order chi connectivity index (χ1) is 21.7. The molecule has 0 aromatic carbocycles. The van der Waals surface area contributed by atoms with Crippen molar-refractivity contribution in [1.29, 1.82) is 0 Å². The lowest BCUT2D eigenvalue weighted by Gasteiger charge is -2.65. The number of aliphatic hydroxyl groups excluding tert-OH is 4. The number of carbonyl (C=O) groups excluding carboxylic acids is 1. The van der Waals surface area contributed by atoms with E-state index in [1.165, 1.54) is 6.92 Å². The summed E-state index contributed by atoms with van der Waals surface area (Å²) < 4.78 is 25.1. The van der Waals surface area contributed by atoms with Gasteiger partial charge in [-0.05, 0) is 112 Å². The summed E-state index contributed by atoms with van der Waals surface area (Å²) in [6.07, 6.45) is 1.43.